The molecule has 2 aliphatic rings. The lowest BCUT2D eigenvalue weighted by Gasteiger charge is -2.42. The van der Waals surface area contributed by atoms with Crippen molar-refractivity contribution in [3.8, 4) is 11.5 Å². The minimum absolute atomic E-state index is 0.140. The molecule has 1 unspecified atom stereocenters. The first-order chi connectivity index (χ1) is 18.0. The molecule has 0 saturated heterocycles. The predicted molar refractivity (Wildman–Crippen MR) is 153 cm³/mol. The highest BCUT2D eigenvalue weighted by Gasteiger charge is 2.41. The molecular weight excluding hydrogens is 473 g/mol. The second-order valence-corrected chi connectivity index (χ2v) is 12.9. The average Bonchev–Trinajstić information content (AvgIpc) is 2.94. The molecule has 0 radical (unpaired) electrons. The van der Waals surface area contributed by atoms with Crippen LogP contribution in [0.2, 0.25) is 0 Å². The van der Waals surface area contributed by atoms with Gasteiger partial charge in [-0.2, -0.15) is 0 Å². The summed E-state index contributed by atoms with van der Waals surface area (Å²) in [6, 6.07) is 40.8. The third-order valence-electron chi connectivity index (χ3n) is 7.72. The molecule has 3 nitrogen and oxygen atoms in total. The maximum Gasteiger partial charge on any atom is 0.178 e. The summed E-state index contributed by atoms with van der Waals surface area (Å²) in [6.45, 7) is 4.56. The lowest BCUT2D eigenvalue weighted by Crippen LogP contribution is -2.33. The van der Waals surface area contributed by atoms with E-state index < -0.39 is 7.14 Å². The van der Waals surface area contributed by atoms with Crippen LogP contribution in [-0.4, -0.2) is 0 Å². The molecule has 1 atom stereocenters. The standard InChI is InChI=1S/C33H26NO2P/c1-33(2)25-14-6-8-16-27(25)34(28-17-9-7-15-26(28)33)23-20-21-30-32(22-23)37(35,24-12-4-3-5-13-24)31-19-11-10-18-29(31)36-30/h3-22H,1-2H3. The van der Waals surface area contributed by atoms with E-state index in [9.17, 15) is 0 Å². The number of anilines is 3. The molecule has 180 valence electrons. The first-order valence-electron chi connectivity index (χ1n) is 12.6. The van der Waals surface area contributed by atoms with Gasteiger partial charge in [0.1, 0.15) is 11.5 Å². The SMILES string of the molecule is CC1(C)c2ccccc2N(c2ccc3c(c2)P(=O)(c2ccccc2)c2ccccc2O3)c2ccccc21. The van der Waals surface area contributed by atoms with Crippen LogP contribution >= 0.6 is 7.14 Å². The Labute approximate surface area is 217 Å². The van der Waals surface area contributed by atoms with Gasteiger partial charge >= 0.3 is 0 Å². The third kappa shape index (κ3) is 3.11. The van der Waals surface area contributed by atoms with Gasteiger partial charge in [-0.3, -0.25) is 0 Å². The summed E-state index contributed by atoms with van der Waals surface area (Å²) < 4.78 is 21.5. The molecule has 7 rings (SSSR count). The fourth-order valence-electron chi connectivity index (χ4n) is 5.89. The van der Waals surface area contributed by atoms with Gasteiger partial charge in [-0.15, -0.1) is 0 Å². The quantitative estimate of drug-likeness (QED) is 0.231. The van der Waals surface area contributed by atoms with Gasteiger partial charge in [0.15, 0.2) is 7.14 Å². The van der Waals surface area contributed by atoms with E-state index in [0.29, 0.717) is 11.5 Å². The van der Waals surface area contributed by atoms with Crippen molar-refractivity contribution in [2.45, 2.75) is 19.3 Å². The summed E-state index contributed by atoms with van der Waals surface area (Å²) in [5.41, 5.74) is 5.63. The Morgan fingerprint density at radius 3 is 1.89 bits per heavy atom. The number of fused-ring (bicyclic) bond motifs is 4. The Balaban J connectivity index is 1.50. The molecule has 37 heavy (non-hydrogen) atoms. The van der Waals surface area contributed by atoms with E-state index in [1.165, 1.54) is 11.1 Å². The van der Waals surface area contributed by atoms with Gasteiger partial charge in [-0.05, 0) is 53.6 Å². The highest BCUT2D eigenvalue weighted by atomic mass is 31.2. The van der Waals surface area contributed by atoms with Crippen LogP contribution in [0, 0.1) is 0 Å². The van der Waals surface area contributed by atoms with Crippen LogP contribution in [0.5, 0.6) is 11.5 Å². The molecular formula is C33H26NO2P. The Hall–Kier alpha value is -4.07. The Morgan fingerprint density at radius 2 is 1.19 bits per heavy atom. The number of rotatable bonds is 2. The van der Waals surface area contributed by atoms with Gasteiger partial charge in [-0.1, -0.05) is 92.7 Å². The summed E-state index contributed by atoms with van der Waals surface area (Å²) in [5.74, 6) is 1.30. The van der Waals surface area contributed by atoms with Gasteiger partial charge in [0.25, 0.3) is 0 Å². The predicted octanol–water partition coefficient (Wildman–Crippen LogP) is 7.54. The van der Waals surface area contributed by atoms with Crippen molar-refractivity contribution in [2.75, 3.05) is 4.90 Å². The van der Waals surface area contributed by atoms with Crippen molar-refractivity contribution >= 4 is 40.1 Å². The van der Waals surface area contributed by atoms with E-state index in [1.807, 2.05) is 60.7 Å². The number of para-hydroxylation sites is 3. The summed E-state index contributed by atoms with van der Waals surface area (Å²) >= 11 is 0. The molecule has 0 fully saturated rings. The molecule has 2 heterocycles. The average molecular weight is 500 g/mol. The Kier molecular flexibility index (Phi) is 4.77. The van der Waals surface area contributed by atoms with E-state index >= 15 is 4.57 Å². The number of nitrogens with zero attached hydrogens (tertiary/aromatic N) is 1. The summed E-state index contributed by atoms with van der Waals surface area (Å²) in [4.78, 5) is 2.30. The molecule has 4 heteroatoms. The molecule has 2 aliphatic heterocycles. The smallest absolute Gasteiger partial charge is 0.178 e. The molecule has 0 aromatic heterocycles. The molecule has 0 N–H and O–H groups in total. The third-order valence-corrected chi connectivity index (χ3v) is 10.8. The van der Waals surface area contributed by atoms with Crippen molar-refractivity contribution in [2.24, 2.45) is 0 Å². The van der Waals surface area contributed by atoms with Gasteiger partial charge < -0.3 is 14.2 Å². The summed E-state index contributed by atoms with van der Waals surface area (Å²) in [5, 5.41) is 2.28. The number of benzene rings is 5. The minimum atomic E-state index is -3.17. The highest BCUT2D eigenvalue weighted by Crippen LogP contribution is 2.55. The normalized spacial score (nSPS) is 18.6. The fraction of sp³-hybridized carbons (Fsp3) is 0.0909. The van der Waals surface area contributed by atoms with Crippen LogP contribution < -0.4 is 25.6 Å². The zero-order valence-corrected chi connectivity index (χ0v) is 21.7. The van der Waals surface area contributed by atoms with E-state index in [1.54, 1.807) is 0 Å². The van der Waals surface area contributed by atoms with Gasteiger partial charge in [0, 0.05) is 16.4 Å². The van der Waals surface area contributed by atoms with Crippen molar-refractivity contribution in [1.82, 2.24) is 0 Å². The van der Waals surface area contributed by atoms with Crippen LogP contribution in [0.15, 0.2) is 121 Å². The van der Waals surface area contributed by atoms with Crippen LogP contribution in [0.3, 0.4) is 0 Å². The van der Waals surface area contributed by atoms with Gasteiger partial charge in [0.2, 0.25) is 0 Å². The van der Waals surface area contributed by atoms with Crippen molar-refractivity contribution in [3.63, 3.8) is 0 Å². The lowest BCUT2D eigenvalue weighted by atomic mass is 9.73. The molecule has 5 aromatic rings. The first kappa shape index (κ1) is 22.2. The second kappa shape index (κ2) is 7.96. The molecule has 5 aromatic carbocycles. The Morgan fingerprint density at radius 1 is 0.622 bits per heavy atom. The van der Waals surface area contributed by atoms with Crippen molar-refractivity contribution < 1.29 is 9.30 Å². The second-order valence-electron chi connectivity index (χ2n) is 10.2. The molecule has 0 aliphatic carbocycles. The molecule has 0 saturated carbocycles. The molecule has 0 spiro atoms. The zero-order valence-electron chi connectivity index (χ0n) is 20.8. The Bertz CT molecular complexity index is 1670. The van der Waals surface area contributed by atoms with E-state index in [0.717, 1.165) is 33.0 Å². The maximum absolute atomic E-state index is 15.2. The van der Waals surface area contributed by atoms with E-state index in [4.69, 9.17) is 4.74 Å². The monoisotopic (exact) mass is 499 g/mol. The first-order valence-corrected chi connectivity index (χ1v) is 14.3. The van der Waals surface area contributed by atoms with E-state index in [2.05, 4.69) is 79.4 Å². The zero-order chi connectivity index (χ0) is 25.2. The number of ether oxygens (including phenoxy) is 1. The van der Waals surface area contributed by atoms with Crippen LogP contribution in [0.4, 0.5) is 17.1 Å². The van der Waals surface area contributed by atoms with Crippen molar-refractivity contribution in [1.29, 1.82) is 0 Å². The van der Waals surface area contributed by atoms with Crippen LogP contribution in [-0.2, 0) is 9.98 Å². The fourth-order valence-corrected chi connectivity index (χ4v) is 8.77. The van der Waals surface area contributed by atoms with Gasteiger partial charge in [-0.25, -0.2) is 0 Å². The maximum atomic E-state index is 15.2. The largest absolute Gasteiger partial charge is 0.456 e. The lowest BCUT2D eigenvalue weighted by molar-refractivity contribution is 0.485. The highest BCUT2D eigenvalue weighted by molar-refractivity contribution is 7.85. The van der Waals surface area contributed by atoms with E-state index in [-0.39, 0.29) is 5.41 Å². The summed E-state index contributed by atoms with van der Waals surface area (Å²) in [7, 11) is -3.17. The van der Waals surface area contributed by atoms with Crippen molar-refractivity contribution in [3.05, 3.63) is 132 Å². The summed E-state index contributed by atoms with van der Waals surface area (Å²) in [6.07, 6.45) is 0. The minimum Gasteiger partial charge on any atom is -0.456 e. The van der Waals surface area contributed by atoms with Crippen LogP contribution in [0.25, 0.3) is 0 Å². The van der Waals surface area contributed by atoms with Crippen LogP contribution in [0.1, 0.15) is 25.0 Å². The number of hydrogen-bond acceptors (Lipinski definition) is 3. The number of hydrogen-bond donors (Lipinski definition) is 0. The molecule has 0 amide bonds. The van der Waals surface area contributed by atoms with Gasteiger partial charge in [0.05, 0.1) is 22.0 Å². The topological polar surface area (TPSA) is 29.5 Å². The molecule has 0 bridgehead atoms.